The summed E-state index contributed by atoms with van der Waals surface area (Å²) in [6.07, 6.45) is 9.22. The zero-order valence-corrected chi connectivity index (χ0v) is 15.6. The molecule has 1 aromatic carbocycles. The van der Waals surface area contributed by atoms with Gasteiger partial charge < -0.3 is 5.11 Å². The first-order valence-electron chi connectivity index (χ1n) is 9.10. The van der Waals surface area contributed by atoms with E-state index in [0.29, 0.717) is 12.4 Å². The number of aromatic amines is 1. The Hall–Kier alpha value is -2.80. The summed E-state index contributed by atoms with van der Waals surface area (Å²) in [5.41, 5.74) is 1.06. The predicted octanol–water partition coefficient (Wildman–Crippen LogP) is 2.75. The second-order valence-corrected chi connectivity index (χ2v) is 7.11. The molecule has 4 rings (SSSR count). The van der Waals surface area contributed by atoms with Gasteiger partial charge in [0.1, 0.15) is 5.56 Å². The summed E-state index contributed by atoms with van der Waals surface area (Å²) in [5, 5.41) is 12.2. The van der Waals surface area contributed by atoms with Crippen molar-refractivity contribution >= 4 is 18.3 Å². The number of H-pyrrole nitrogens is 1. The Labute approximate surface area is 161 Å². The van der Waals surface area contributed by atoms with Crippen LogP contribution in [0, 0.1) is 4.77 Å². The quantitative estimate of drug-likeness (QED) is 0.632. The zero-order chi connectivity index (χ0) is 18.8. The molecule has 2 N–H and O–H groups in total. The Kier molecular flexibility index (Phi) is 4.85. The molecular formula is C20H20N4O2S. The van der Waals surface area contributed by atoms with Crippen molar-refractivity contribution in [2.45, 2.75) is 38.6 Å². The summed E-state index contributed by atoms with van der Waals surface area (Å²) in [6, 6.07) is 7.47. The van der Waals surface area contributed by atoms with Gasteiger partial charge in [0.05, 0.1) is 10.7 Å². The molecule has 0 radical (unpaired) electrons. The maximum Gasteiger partial charge on any atom is 0.262 e. The van der Waals surface area contributed by atoms with Gasteiger partial charge in [0.25, 0.3) is 5.56 Å². The normalized spacial score (nSPS) is 15.6. The second-order valence-electron chi connectivity index (χ2n) is 6.72. The van der Waals surface area contributed by atoms with Crippen molar-refractivity contribution in [2.24, 2.45) is 9.98 Å². The van der Waals surface area contributed by atoms with Crippen LogP contribution in [0.2, 0.25) is 0 Å². The number of aromatic hydroxyl groups is 1. The molecule has 0 fully saturated rings. The van der Waals surface area contributed by atoms with Gasteiger partial charge in [0.2, 0.25) is 5.88 Å². The monoisotopic (exact) mass is 380 g/mol. The fraction of sp³-hybridized carbons (Fsp3) is 0.300. The Morgan fingerprint density at radius 1 is 1.22 bits per heavy atom. The van der Waals surface area contributed by atoms with Crippen LogP contribution in [-0.2, 0) is 6.54 Å². The second kappa shape index (κ2) is 7.44. The van der Waals surface area contributed by atoms with E-state index < -0.39 is 5.56 Å². The van der Waals surface area contributed by atoms with Crippen molar-refractivity contribution in [3.8, 4) is 5.88 Å². The minimum atomic E-state index is -0.445. The summed E-state index contributed by atoms with van der Waals surface area (Å²) < 4.78 is 1.79. The number of hydrogen-bond acceptors (Lipinski definition) is 5. The molecule has 138 valence electrons. The van der Waals surface area contributed by atoms with Crippen molar-refractivity contribution in [1.29, 1.82) is 0 Å². The first-order chi connectivity index (χ1) is 13.1. The van der Waals surface area contributed by atoms with Gasteiger partial charge in [-0.3, -0.25) is 14.3 Å². The maximum atomic E-state index is 12.3. The molecule has 1 aliphatic heterocycles. The molecule has 1 aromatic heterocycles. The molecule has 7 heteroatoms. The molecule has 0 spiro atoms. The fourth-order valence-electron chi connectivity index (χ4n) is 3.42. The van der Waals surface area contributed by atoms with Crippen molar-refractivity contribution < 1.29 is 5.11 Å². The van der Waals surface area contributed by atoms with Crippen LogP contribution >= 0.6 is 12.2 Å². The number of hydrogen-bond donors (Lipinski definition) is 2. The van der Waals surface area contributed by atoms with Gasteiger partial charge in [0.15, 0.2) is 10.6 Å². The lowest BCUT2D eigenvalue weighted by atomic mass is 9.97. The Bertz CT molecular complexity index is 1150. The van der Waals surface area contributed by atoms with Crippen LogP contribution in [0.15, 0.2) is 56.5 Å². The topological polar surface area (TPSA) is 82.7 Å². The predicted molar refractivity (Wildman–Crippen MR) is 105 cm³/mol. The van der Waals surface area contributed by atoms with Crippen LogP contribution in [0.1, 0.15) is 37.7 Å². The fourth-order valence-corrected chi connectivity index (χ4v) is 3.69. The van der Waals surface area contributed by atoms with E-state index in [-0.39, 0.29) is 16.2 Å². The number of fused-ring (bicyclic) bond motifs is 1. The molecule has 0 atom stereocenters. The van der Waals surface area contributed by atoms with Crippen LogP contribution in [-0.4, -0.2) is 14.7 Å². The largest absolute Gasteiger partial charge is 0.494 e. The first-order valence-corrected chi connectivity index (χ1v) is 9.51. The van der Waals surface area contributed by atoms with Crippen LogP contribution < -0.4 is 16.3 Å². The molecule has 1 aliphatic carbocycles. The van der Waals surface area contributed by atoms with Crippen LogP contribution in [0.25, 0.3) is 6.08 Å². The number of rotatable bonds is 4. The van der Waals surface area contributed by atoms with Crippen LogP contribution in [0.3, 0.4) is 0 Å². The summed E-state index contributed by atoms with van der Waals surface area (Å²) in [4.78, 5) is 23.8. The molecule has 0 saturated carbocycles. The lowest BCUT2D eigenvalue weighted by Gasteiger charge is -2.15. The molecule has 2 aromatic rings. The standard InChI is InChI=1S/C20H20N4O2S/c25-18-14(12-17-21-15-8-4-5-9-16(15)22-17)19(26)24(20(27)23-18)11-10-13-6-2-1-3-7-13/h4-6,8-9,12,26H,1-3,7,10-11H2,(H,23,25,27). The summed E-state index contributed by atoms with van der Waals surface area (Å²) in [7, 11) is 0. The number of nitrogens with one attached hydrogen (secondary N) is 1. The van der Waals surface area contributed by atoms with E-state index >= 15 is 0 Å². The van der Waals surface area contributed by atoms with Crippen LogP contribution in [0.4, 0.5) is 0 Å². The summed E-state index contributed by atoms with van der Waals surface area (Å²) in [5.74, 6) is 0.240. The highest BCUT2D eigenvalue weighted by Crippen LogP contribution is 2.23. The van der Waals surface area contributed by atoms with Gasteiger partial charge in [-0.1, -0.05) is 23.8 Å². The number of allylic oxidation sites excluding steroid dienone is 2. The third-order valence-corrected chi connectivity index (χ3v) is 5.20. The number of nitrogens with zero attached hydrogens (tertiary/aromatic N) is 3. The van der Waals surface area contributed by atoms with Gasteiger partial charge in [-0.15, -0.1) is 0 Å². The van der Waals surface area contributed by atoms with E-state index in [4.69, 9.17) is 12.2 Å². The van der Waals surface area contributed by atoms with E-state index in [9.17, 15) is 9.90 Å². The molecule has 2 heterocycles. The highest BCUT2D eigenvalue weighted by molar-refractivity contribution is 7.71. The molecule has 0 saturated heterocycles. The van der Waals surface area contributed by atoms with E-state index in [1.807, 2.05) is 24.3 Å². The minimum absolute atomic E-state index is 0.122. The van der Waals surface area contributed by atoms with Crippen LogP contribution in [0.5, 0.6) is 5.88 Å². The smallest absolute Gasteiger partial charge is 0.262 e. The number of benzene rings is 1. The molecular weight excluding hydrogens is 360 g/mol. The van der Waals surface area contributed by atoms with Gasteiger partial charge >= 0.3 is 0 Å². The van der Waals surface area contributed by atoms with Crippen molar-refractivity contribution in [3.05, 3.63) is 73.1 Å². The lowest BCUT2D eigenvalue weighted by molar-refractivity contribution is 0.401. The third-order valence-electron chi connectivity index (χ3n) is 4.87. The minimum Gasteiger partial charge on any atom is -0.494 e. The third kappa shape index (κ3) is 3.68. The Morgan fingerprint density at radius 3 is 2.63 bits per heavy atom. The molecule has 2 aliphatic rings. The lowest BCUT2D eigenvalue weighted by Crippen LogP contribution is -2.19. The molecule has 0 amide bonds. The molecule has 0 unspecified atom stereocenters. The number of aromatic nitrogens is 2. The Balaban J connectivity index is 1.69. The van der Waals surface area contributed by atoms with E-state index in [1.165, 1.54) is 24.5 Å². The maximum absolute atomic E-state index is 12.3. The van der Waals surface area contributed by atoms with Gasteiger partial charge in [-0.05, 0) is 56.5 Å². The van der Waals surface area contributed by atoms with E-state index in [2.05, 4.69) is 21.0 Å². The average Bonchev–Trinajstić information content (AvgIpc) is 3.08. The average molecular weight is 380 g/mol. The van der Waals surface area contributed by atoms with Gasteiger partial charge in [-0.2, -0.15) is 0 Å². The zero-order valence-electron chi connectivity index (χ0n) is 14.8. The van der Waals surface area contributed by atoms with Crippen molar-refractivity contribution in [3.63, 3.8) is 0 Å². The molecule has 6 nitrogen and oxygen atoms in total. The van der Waals surface area contributed by atoms with Gasteiger partial charge in [-0.25, -0.2) is 9.98 Å². The Morgan fingerprint density at radius 2 is 1.96 bits per heavy atom. The highest BCUT2D eigenvalue weighted by atomic mass is 32.1. The van der Waals surface area contributed by atoms with E-state index in [1.54, 1.807) is 4.57 Å². The first kappa shape index (κ1) is 17.6. The number of para-hydroxylation sites is 2. The van der Waals surface area contributed by atoms with E-state index in [0.717, 1.165) is 30.0 Å². The summed E-state index contributed by atoms with van der Waals surface area (Å²) >= 11 is 5.25. The molecule has 27 heavy (non-hydrogen) atoms. The van der Waals surface area contributed by atoms with Gasteiger partial charge in [0, 0.05) is 12.6 Å². The SMILES string of the molecule is O=c1[nH]c(=S)n(CCC2=CCCCC2)c(O)c1C=C1N=c2ccccc2=N1. The summed E-state index contributed by atoms with van der Waals surface area (Å²) in [6.45, 7) is 0.526. The van der Waals surface area contributed by atoms with Crippen molar-refractivity contribution in [1.82, 2.24) is 9.55 Å². The highest BCUT2D eigenvalue weighted by Gasteiger charge is 2.14. The van der Waals surface area contributed by atoms with Crippen molar-refractivity contribution in [2.75, 3.05) is 0 Å². The molecule has 0 bridgehead atoms.